The van der Waals surface area contributed by atoms with E-state index in [4.69, 9.17) is 0 Å². The number of rotatable bonds is 4. The van der Waals surface area contributed by atoms with Gasteiger partial charge in [-0.1, -0.05) is 38.8 Å². The molecule has 0 aromatic heterocycles. The van der Waals surface area contributed by atoms with Gasteiger partial charge in [-0.15, -0.1) is 0 Å². The third-order valence-electron chi connectivity index (χ3n) is 1.28. The summed E-state index contributed by atoms with van der Waals surface area (Å²) in [6, 6.07) is 0. The maximum atomic E-state index is 10.0. The van der Waals surface area contributed by atoms with Crippen molar-refractivity contribution in [2.24, 2.45) is 5.92 Å². The van der Waals surface area contributed by atoms with Crippen LogP contribution in [0, 0.1) is 16.0 Å². The van der Waals surface area contributed by atoms with Gasteiger partial charge in [0, 0.05) is 10.8 Å². The molecule has 1 N–H and O–H groups in total. The molecule has 0 saturated heterocycles. The topological polar surface area (TPSA) is 63.4 Å². The summed E-state index contributed by atoms with van der Waals surface area (Å²) in [5, 5.41) is 19.2. The molecule has 66 valence electrons. The zero-order valence-electron chi connectivity index (χ0n) is 5.91. The highest BCUT2D eigenvalue weighted by molar-refractivity contribution is 9.24. The first-order chi connectivity index (χ1) is 4.95. The third kappa shape index (κ3) is 4.71. The lowest BCUT2D eigenvalue weighted by atomic mass is 10.1. The molecule has 0 heterocycles. The molecule has 0 amide bonds. The van der Waals surface area contributed by atoms with Crippen LogP contribution >= 0.6 is 31.9 Å². The fraction of sp³-hybridized carbons (Fsp3) is 1.00. The Hall–Kier alpha value is 0.320. The van der Waals surface area contributed by atoms with E-state index in [1.54, 1.807) is 6.92 Å². The van der Waals surface area contributed by atoms with Crippen LogP contribution in [-0.4, -0.2) is 26.4 Å². The molecule has 0 spiro atoms. The highest BCUT2D eigenvalue weighted by Gasteiger charge is 2.23. The predicted molar refractivity (Wildman–Crippen MR) is 48.7 cm³/mol. The van der Waals surface area contributed by atoms with Gasteiger partial charge in [0.15, 0.2) is 0 Å². The standard InChI is InChI=1S/C5H9Br2NO3/c1-3(2-8(10)11)4(9)5(6)7/h3-5,9H,2H2,1H3. The molecule has 2 unspecified atom stereocenters. The Morgan fingerprint density at radius 2 is 2.09 bits per heavy atom. The first-order valence-electron chi connectivity index (χ1n) is 3.03. The lowest BCUT2D eigenvalue weighted by Crippen LogP contribution is -2.29. The molecule has 0 bridgehead atoms. The number of hydrogen-bond donors (Lipinski definition) is 1. The van der Waals surface area contributed by atoms with Crippen LogP contribution in [0.15, 0.2) is 0 Å². The van der Waals surface area contributed by atoms with Crippen LogP contribution in [0.5, 0.6) is 0 Å². The Morgan fingerprint density at radius 3 is 2.36 bits per heavy atom. The Bertz CT molecular complexity index is 142. The van der Waals surface area contributed by atoms with Gasteiger partial charge in [-0.25, -0.2) is 0 Å². The van der Waals surface area contributed by atoms with Gasteiger partial charge in [-0.3, -0.25) is 10.1 Å². The minimum absolute atomic E-state index is 0.213. The van der Waals surface area contributed by atoms with E-state index in [1.807, 2.05) is 0 Å². The van der Waals surface area contributed by atoms with E-state index in [9.17, 15) is 15.2 Å². The maximum absolute atomic E-state index is 10.0. The Labute approximate surface area is 81.4 Å². The Kier molecular flexibility index (Phi) is 5.20. The van der Waals surface area contributed by atoms with Gasteiger partial charge in [0.2, 0.25) is 6.54 Å². The van der Waals surface area contributed by atoms with Crippen molar-refractivity contribution in [2.75, 3.05) is 6.54 Å². The normalized spacial score (nSPS) is 16.5. The average Bonchev–Trinajstić information content (AvgIpc) is 1.84. The lowest BCUT2D eigenvalue weighted by molar-refractivity contribution is -0.489. The van der Waals surface area contributed by atoms with E-state index in [-0.39, 0.29) is 16.2 Å². The monoisotopic (exact) mass is 289 g/mol. The summed E-state index contributed by atoms with van der Waals surface area (Å²) < 4.78 is -0.287. The first kappa shape index (κ1) is 11.3. The van der Waals surface area contributed by atoms with Gasteiger partial charge in [-0.2, -0.15) is 0 Å². The molecule has 11 heavy (non-hydrogen) atoms. The van der Waals surface area contributed by atoms with Crippen LogP contribution in [0.25, 0.3) is 0 Å². The molecular formula is C5H9Br2NO3. The smallest absolute Gasteiger partial charge is 0.208 e. The SMILES string of the molecule is CC(C[N+](=O)[O-])C(O)C(Br)Br. The van der Waals surface area contributed by atoms with Crippen LogP contribution in [0.3, 0.4) is 0 Å². The molecule has 0 fully saturated rings. The zero-order valence-corrected chi connectivity index (χ0v) is 9.08. The van der Waals surface area contributed by atoms with E-state index >= 15 is 0 Å². The van der Waals surface area contributed by atoms with Crippen molar-refractivity contribution in [1.82, 2.24) is 0 Å². The highest BCUT2D eigenvalue weighted by atomic mass is 79.9. The number of hydrogen-bond acceptors (Lipinski definition) is 3. The summed E-state index contributed by atoms with van der Waals surface area (Å²) in [7, 11) is 0. The van der Waals surface area contributed by atoms with Gasteiger partial charge >= 0.3 is 0 Å². The summed E-state index contributed by atoms with van der Waals surface area (Å²) in [5.74, 6) is -0.353. The van der Waals surface area contributed by atoms with Crippen molar-refractivity contribution in [3.8, 4) is 0 Å². The van der Waals surface area contributed by atoms with E-state index in [2.05, 4.69) is 31.9 Å². The third-order valence-corrected chi connectivity index (χ3v) is 2.36. The zero-order chi connectivity index (χ0) is 9.02. The van der Waals surface area contributed by atoms with Gasteiger partial charge in [-0.05, 0) is 0 Å². The van der Waals surface area contributed by atoms with Crippen molar-refractivity contribution in [3.63, 3.8) is 0 Å². The summed E-state index contributed by atoms with van der Waals surface area (Å²) in [6.07, 6.45) is -0.736. The molecular weight excluding hydrogens is 282 g/mol. The first-order valence-corrected chi connectivity index (χ1v) is 4.86. The van der Waals surface area contributed by atoms with Crippen molar-refractivity contribution >= 4 is 31.9 Å². The molecule has 6 heteroatoms. The number of nitro groups is 1. The van der Waals surface area contributed by atoms with E-state index < -0.39 is 11.0 Å². The van der Waals surface area contributed by atoms with Crippen LogP contribution in [0.1, 0.15) is 6.92 Å². The minimum atomic E-state index is -0.736. The molecule has 0 aliphatic heterocycles. The highest BCUT2D eigenvalue weighted by Crippen LogP contribution is 2.19. The Morgan fingerprint density at radius 1 is 1.64 bits per heavy atom. The van der Waals surface area contributed by atoms with Crippen LogP contribution < -0.4 is 0 Å². The predicted octanol–water partition coefficient (Wildman–Crippen LogP) is 1.38. The molecule has 0 saturated carbocycles. The van der Waals surface area contributed by atoms with Crippen LogP contribution in [0.4, 0.5) is 0 Å². The fourth-order valence-electron chi connectivity index (χ4n) is 0.591. The van der Waals surface area contributed by atoms with Crippen molar-refractivity contribution in [2.45, 2.75) is 16.8 Å². The fourth-order valence-corrected chi connectivity index (χ4v) is 1.63. The maximum Gasteiger partial charge on any atom is 0.208 e. The van der Waals surface area contributed by atoms with Crippen molar-refractivity contribution < 1.29 is 10.0 Å². The summed E-state index contributed by atoms with van der Waals surface area (Å²) in [5.41, 5.74) is 0. The van der Waals surface area contributed by atoms with Gasteiger partial charge in [0.1, 0.15) is 0 Å². The quantitative estimate of drug-likeness (QED) is 0.483. The van der Waals surface area contributed by atoms with Gasteiger partial charge in [0.25, 0.3) is 0 Å². The molecule has 0 aromatic rings. The summed E-state index contributed by atoms with van der Waals surface area (Å²) >= 11 is 6.15. The molecule has 0 aliphatic carbocycles. The van der Waals surface area contributed by atoms with Gasteiger partial charge in [0.05, 0.1) is 9.84 Å². The largest absolute Gasteiger partial charge is 0.391 e. The van der Waals surface area contributed by atoms with Crippen LogP contribution in [-0.2, 0) is 0 Å². The lowest BCUT2D eigenvalue weighted by Gasteiger charge is -2.15. The van der Waals surface area contributed by atoms with E-state index in [0.717, 1.165) is 0 Å². The minimum Gasteiger partial charge on any atom is -0.391 e. The molecule has 0 rings (SSSR count). The number of aliphatic hydroxyl groups is 1. The molecule has 4 nitrogen and oxygen atoms in total. The molecule has 0 aliphatic rings. The second-order valence-electron chi connectivity index (χ2n) is 2.32. The summed E-state index contributed by atoms with van der Waals surface area (Å²) in [6.45, 7) is 1.41. The van der Waals surface area contributed by atoms with Crippen molar-refractivity contribution in [3.05, 3.63) is 10.1 Å². The van der Waals surface area contributed by atoms with Gasteiger partial charge < -0.3 is 5.11 Å². The number of aliphatic hydroxyl groups excluding tert-OH is 1. The second kappa shape index (κ2) is 5.05. The molecule has 2 atom stereocenters. The average molecular weight is 291 g/mol. The summed E-state index contributed by atoms with van der Waals surface area (Å²) in [4.78, 5) is 9.57. The number of nitrogens with zero attached hydrogens (tertiary/aromatic N) is 1. The van der Waals surface area contributed by atoms with Crippen molar-refractivity contribution in [1.29, 1.82) is 0 Å². The van der Waals surface area contributed by atoms with E-state index in [1.165, 1.54) is 0 Å². The second-order valence-corrected chi connectivity index (χ2v) is 5.52. The Balaban J connectivity index is 3.82. The number of alkyl halides is 2. The number of halogens is 2. The van der Waals surface area contributed by atoms with Crippen LogP contribution in [0.2, 0.25) is 0 Å². The van der Waals surface area contributed by atoms with E-state index in [0.29, 0.717) is 0 Å². The molecule has 0 aromatic carbocycles. The molecule has 0 radical (unpaired) electrons.